The second-order valence-corrected chi connectivity index (χ2v) is 9.27. The van der Waals surface area contributed by atoms with E-state index in [4.69, 9.17) is 4.42 Å². The van der Waals surface area contributed by atoms with Crippen molar-refractivity contribution in [1.82, 2.24) is 9.55 Å². The highest BCUT2D eigenvalue weighted by molar-refractivity contribution is 7.18. The SMILES string of the molecule is Cc1ccc2c(Cn3cnc4sc5c(c4c3=O)CC[C@H](C)C5)cc(=O)oc2c1C. The minimum atomic E-state index is -0.398. The van der Waals surface area contributed by atoms with Crippen molar-refractivity contribution >= 4 is 32.5 Å². The van der Waals surface area contributed by atoms with Crippen LogP contribution >= 0.6 is 11.3 Å². The van der Waals surface area contributed by atoms with E-state index in [0.717, 1.165) is 51.6 Å². The highest BCUT2D eigenvalue weighted by Crippen LogP contribution is 2.35. The number of rotatable bonds is 2. The zero-order valence-corrected chi connectivity index (χ0v) is 17.6. The smallest absolute Gasteiger partial charge is 0.336 e. The average molecular weight is 407 g/mol. The van der Waals surface area contributed by atoms with Crippen LogP contribution in [0.2, 0.25) is 0 Å². The molecule has 0 saturated heterocycles. The Morgan fingerprint density at radius 3 is 2.93 bits per heavy atom. The largest absolute Gasteiger partial charge is 0.422 e. The van der Waals surface area contributed by atoms with Gasteiger partial charge in [0, 0.05) is 16.3 Å². The van der Waals surface area contributed by atoms with Crippen molar-refractivity contribution in [1.29, 1.82) is 0 Å². The van der Waals surface area contributed by atoms with Crippen LogP contribution in [0.3, 0.4) is 0 Å². The van der Waals surface area contributed by atoms with E-state index in [1.807, 2.05) is 26.0 Å². The summed E-state index contributed by atoms with van der Waals surface area (Å²) in [5.74, 6) is 0.652. The van der Waals surface area contributed by atoms with Crippen LogP contribution in [0.4, 0.5) is 0 Å². The molecule has 0 bridgehead atoms. The molecule has 0 unspecified atom stereocenters. The van der Waals surface area contributed by atoms with Gasteiger partial charge in [0.05, 0.1) is 18.3 Å². The molecule has 0 fully saturated rings. The van der Waals surface area contributed by atoms with Crippen molar-refractivity contribution in [3.8, 4) is 0 Å². The van der Waals surface area contributed by atoms with Crippen LogP contribution in [0.15, 0.2) is 38.5 Å². The van der Waals surface area contributed by atoms with E-state index in [0.29, 0.717) is 18.0 Å². The summed E-state index contributed by atoms with van der Waals surface area (Å²) in [6.07, 6.45) is 4.68. The Labute approximate surface area is 171 Å². The molecule has 0 N–H and O–H groups in total. The Hall–Kier alpha value is -2.73. The van der Waals surface area contributed by atoms with Gasteiger partial charge in [-0.1, -0.05) is 19.1 Å². The fraction of sp³-hybridized carbons (Fsp3) is 0.348. The molecule has 3 aromatic heterocycles. The van der Waals surface area contributed by atoms with Gasteiger partial charge in [-0.15, -0.1) is 11.3 Å². The van der Waals surface area contributed by atoms with Crippen LogP contribution in [0, 0.1) is 19.8 Å². The number of nitrogens with zero attached hydrogens (tertiary/aromatic N) is 2. The summed E-state index contributed by atoms with van der Waals surface area (Å²) in [5, 5.41) is 1.62. The van der Waals surface area contributed by atoms with Gasteiger partial charge < -0.3 is 4.42 Å². The Kier molecular flexibility index (Phi) is 4.21. The van der Waals surface area contributed by atoms with Crippen LogP contribution in [0.25, 0.3) is 21.2 Å². The molecule has 1 aliphatic rings. The van der Waals surface area contributed by atoms with E-state index in [1.165, 1.54) is 16.5 Å². The zero-order valence-electron chi connectivity index (χ0n) is 16.7. The molecule has 4 aromatic rings. The Morgan fingerprint density at radius 2 is 2.10 bits per heavy atom. The summed E-state index contributed by atoms with van der Waals surface area (Å²) < 4.78 is 7.09. The lowest BCUT2D eigenvalue weighted by Gasteiger charge is -2.17. The fourth-order valence-electron chi connectivity index (χ4n) is 4.32. The molecule has 3 heterocycles. The first kappa shape index (κ1) is 18.3. The lowest BCUT2D eigenvalue weighted by atomic mass is 9.89. The molecule has 0 radical (unpaired) electrons. The predicted octanol–water partition coefficient (Wildman–Crippen LogP) is 4.35. The minimum absolute atomic E-state index is 0.0210. The van der Waals surface area contributed by atoms with Crippen molar-refractivity contribution in [3.63, 3.8) is 0 Å². The maximum absolute atomic E-state index is 13.3. The third kappa shape index (κ3) is 2.94. The monoisotopic (exact) mass is 406 g/mol. The second-order valence-electron chi connectivity index (χ2n) is 8.18. The van der Waals surface area contributed by atoms with Gasteiger partial charge in [-0.3, -0.25) is 9.36 Å². The van der Waals surface area contributed by atoms with Crippen molar-refractivity contribution < 1.29 is 4.42 Å². The topological polar surface area (TPSA) is 65.1 Å². The quantitative estimate of drug-likeness (QED) is 0.464. The van der Waals surface area contributed by atoms with E-state index < -0.39 is 5.63 Å². The molecular weight excluding hydrogens is 384 g/mol. The van der Waals surface area contributed by atoms with E-state index in [2.05, 4.69) is 11.9 Å². The number of thiophene rings is 1. The van der Waals surface area contributed by atoms with Crippen molar-refractivity contribution in [2.75, 3.05) is 0 Å². The van der Waals surface area contributed by atoms with E-state index in [9.17, 15) is 9.59 Å². The van der Waals surface area contributed by atoms with Crippen LogP contribution < -0.4 is 11.2 Å². The van der Waals surface area contributed by atoms with Gasteiger partial charge in [-0.25, -0.2) is 9.78 Å². The van der Waals surface area contributed by atoms with E-state index in [-0.39, 0.29) is 5.56 Å². The third-order valence-corrected chi connectivity index (χ3v) is 7.30. The Bertz CT molecular complexity index is 1390. The lowest BCUT2D eigenvalue weighted by molar-refractivity contribution is 0.509. The Morgan fingerprint density at radius 1 is 1.28 bits per heavy atom. The normalized spacial score (nSPS) is 16.4. The molecule has 5 nitrogen and oxygen atoms in total. The van der Waals surface area contributed by atoms with Crippen LogP contribution in [-0.4, -0.2) is 9.55 Å². The molecule has 0 saturated carbocycles. The van der Waals surface area contributed by atoms with Gasteiger partial charge in [-0.2, -0.15) is 0 Å². The number of hydrogen-bond acceptors (Lipinski definition) is 5. The zero-order chi connectivity index (χ0) is 20.3. The molecule has 1 aromatic carbocycles. The van der Waals surface area contributed by atoms with Crippen LogP contribution in [0.5, 0.6) is 0 Å². The predicted molar refractivity (Wildman–Crippen MR) is 116 cm³/mol. The van der Waals surface area contributed by atoms with Gasteiger partial charge in [-0.05, 0) is 61.3 Å². The van der Waals surface area contributed by atoms with Gasteiger partial charge >= 0.3 is 5.63 Å². The van der Waals surface area contributed by atoms with Gasteiger partial charge in [0.15, 0.2) is 0 Å². The number of benzene rings is 1. The van der Waals surface area contributed by atoms with Crippen LogP contribution in [0.1, 0.15) is 40.5 Å². The number of hydrogen-bond donors (Lipinski definition) is 0. The summed E-state index contributed by atoms with van der Waals surface area (Å²) in [7, 11) is 0. The summed E-state index contributed by atoms with van der Waals surface area (Å²) in [6.45, 7) is 6.50. The molecule has 5 rings (SSSR count). The minimum Gasteiger partial charge on any atom is -0.422 e. The van der Waals surface area contributed by atoms with E-state index >= 15 is 0 Å². The summed E-state index contributed by atoms with van der Waals surface area (Å²) in [5.41, 5.74) is 4.15. The number of fused-ring (bicyclic) bond motifs is 4. The maximum atomic E-state index is 13.3. The molecular formula is C23H22N2O3S. The lowest BCUT2D eigenvalue weighted by Crippen LogP contribution is -2.22. The number of aryl methyl sites for hydroxylation is 3. The molecule has 1 atom stereocenters. The highest BCUT2D eigenvalue weighted by Gasteiger charge is 2.23. The second kappa shape index (κ2) is 6.66. The molecule has 6 heteroatoms. The fourth-order valence-corrected chi connectivity index (χ4v) is 5.66. The number of aromatic nitrogens is 2. The first-order valence-electron chi connectivity index (χ1n) is 9.95. The third-order valence-electron chi connectivity index (χ3n) is 6.14. The highest BCUT2D eigenvalue weighted by atomic mass is 32.1. The van der Waals surface area contributed by atoms with Crippen molar-refractivity contribution in [2.45, 2.75) is 46.6 Å². The van der Waals surface area contributed by atoms with Crippen LogP contribution in [-0.2, 0) is 19.4 Å². The summed E-state index contributed by atoms with van der Waals surface area (Å²) >= 11 is 1.65. The van der Waals surface area contributed by atoms with Crippen molar-refractivity contribution in [3.05, 3.63) is 72.4 Å². The molecule has 0 amide bonds. The molecule has 29 heavy (non-hydrogen) atoms. The molecule has 1 aliphatic carbocycles. The molecule has 148 valence electrons. The average Bonchev–Trinajstić information content (AvgIpc) is 3.05. The Balaban J connectivity index is 1.67. The summed E-state index contributed by atoms with van der Waals surface area (Å²) in [6, 6.07) is 5.46. The van der Waals surface area contributed by atoms with Crippen molar-refractivity contribution in [2.24, 2.45) is 5.92 Å². The summed E-state index contributed by atoms with van der Waals surface area (Å²) in [4.78, 5) is 32.2. The van der Waals surface area contributed by atoms with Gasteiger partial charge in [0.2, 0.25) is 0 Å². The first-order chi connectivity index (χ1) is 13.9. The standard InChI is InChI=1S/C23H22N2O3S/c1-12-4-6-17-18(8-12)29-22-20(17)23(27)25(11-24-22)10-15-9-19(26)28-21-14(3)13(2)5-7-16(15)21/h5,7,9,11-12H,4,6,8,10H2,1-3H3/t12-/m0/s1. The van der Waals surface area contributed by atoms with Gasteiger partial charge in [0.25, 0.3) is 5.56 Å². The van der Waals surface area contributed by atoms with E-state index in [1.54, 1.807) is 22.2 Å². The molecule has 0 aliphatic heterocycles. The maximum Gasteiger partial charge on any atom is 0.336 e. The first-order valence-corrected chi connectivity index (χ1v) is 10.8. The van der Waals surface area contributed by atoms with Gasteiger partial charge in [0.1, 0.15) is 10.4 Å². The molecule has 0 spiro atoms.